The number of fused-ring (bicyclic) bond motifs is 1. The lowest BCUT2D eigenvalue weighted by atomic mass is 10.2. The molecule has 1 aromatic carbocycles. The lowest BCUT2D eigenvalue weighted by Gasteiger charge is -2.25. The maximum absolute atomic E-state index is 12.8. The molecule has 5 nitrogen and oxygen atoms in total. The van der Waals surface area contributed by atoms with Gasteiger partial charge in [0.2, 0.25) is 10.0 Å². The molecule has 0 spiro atoms. The van der Waals surface area contributed by atoms with Gasteiger partial charge in [0.1, 0.15) is 0 Å². The number of rotatable bonds is 6. The van der Waals surface area contributed by atoms with Crippen molar-refractivity contribution in [1.82, 2.24) is 13.9 Å². The first-order valence-electron chi connectivity index (χ1n) is 8.32. The number of aromatic nitrogens is 2. The molecule has 0 N–H and O–H groups in total. The molecule has 0 aliphatic carbocycles. The van der Waals surface area contributed by atoms with Crippen molar-refractivity contribution in [2.45, 2.75) is 42.8 Å². The van der Waals surface area contributed by atoms with E-state index in [1.54, 1.807) is 28.2 Å². The zero-order valence-corrected chi connectivity index (χ0v) is 15.6. The second-order valence-electron chi connectivity index (χ2n) is 5.85. The summed E-state index contributed by atoms with van der Waals surface area (Å²) in [6, 6.07) is 5.30. The fraction of sp³-hybridized carbons (Fsp3) is 0.471. The van der Waals surface area contributed by atoms with Gasteiger partial charge in [-0.3, -0.25) is 0 Å². The summed E-state index contributed by atoms with van der Waals surface area (Å²) in [4.78, 5) is 4.98. The number of hydrogen-bond donors (Lipinski definition) is 0. The van der Waals surface area contributed by atoms with E-state index in [2.05, 4.69) is 23.1 Å². The van der Waals surface area contributed by atoms with Gasteiger partial charge in [-0.15, -0.1) is 6.58 Å². The van der Waals surface area contributed by atoms with Crippen LogP contribution in [-0.2, 0) is 16.6 Å². The quantitative estimate of drug-likeness (QED) is 0.581. The van der Waals surface area contributed by atoms with Crippen LogP contribution in [0.5, 0.6) is 0 Å². The third-order valence-electron chi connectivity index (χ3n) is 4.28. The number of imidazole rings is 1. The van der Waals surface area contributed by atoms with Gasteiger partial charge in [-0.05, 0) is 38.0 Å². The predicted octanol–water partition coefficient (Wildman–Crippen LogP) is 3.51. The van der Waals surface area contributed by atoms with Crippen LogP contribution in [0.3, 0.4) is 0 Å². The molecule has 1 aliphatic heterocycles. The zero-order valence-electron chi connectivity index (χ0n) is 13.9. The summed E-state index contributed by atoms with van der Waals surface area (Å²) in [7, 11) is -3.42. The summed E-state index contributed by atoms with van der Waals surface area (Å²) in [6.45, 7) is 7.84. The summed E-state index contributed by atoms with van der Waals surface area (Å²) < 4.78 is 29.4. The monoisotopic (exact) mass is 365 g/mol. The second-order valence-corrected chi connectivity index (χ2v) is 8.78. The Kier molecular flexibility index (Phi) is 5.32. The van der Waals surface area contributed by atoms with Gasteiger partial charge in [0, 0.05) is 25.4 Å². The van der Waals surface area contributed by atoms with Crippen LogP contribution in [0.2, 0.25) is 0 Å². The number of sulfonamides is 1. The highest BCUT2D eigenvalue weighted by atomic mass is 32.2. The number of piperidine rings is 1. The third-order valence-corrected chi connectivity index (χ3v) is 7.15. The van der Waals surface area contributed by atoms with Crippen molar-refractivity contribution in [3.8, 4) is 0 Å². The molecule has 2 aromatic rings. The highest BCUT2D eigenvalue weighted by molar-refractivity contribution is 7.99. The Morgan fingerprint density at radius 1 is 1.29 bits per heavy atom. The van der Waals surface area contributed by atoms with E-state index in [0.717, 1.165) is 47.7 Å². The summed E-state index contributed by atoms with van der Waals surface area (Å²) >= 11 is 1.61. The topological polar surface area (TPSA) is 55.2 Å². The van der Waals surface area contributed by atoms with Crippen molar-refractivity contribution in [2.75, 3.05) is 18.8 Å². The van der Waals surface area contributed by atoms with Crippen molar-refractivity contribution in [3.05, 3.63) is 30.9 Å². The van der Waals surface area contributed by atoms with Gasteiger partial charge < -0.3 is 4.57 Å². The molecule has 24 heavy (non-hydrogen) atoms. The van der Waals surface area contributed by atoms with Crippen LogP contribution < -0.4 is 0 Å². The van der Waals surface area contributed by atoms with E-state index in [1.807, 2.05) is 12.1 Å². The van der Waals surface area contributed by atoms with Gasteiger partial charge in [0.05, 0.1) is 15.9 Å². The Morgan fingerprint density at radius 3 is 2.71 bits per heavy atom. The molecule has 1 saturated heterocycles. The van der Waals surface area contributed by atoms with Crippen molar-refractivity contribution in [2.24, 2.45) is 0 Å². The minimum absolute atomic E-state index is 0.345. The van der Waals surface area contributed by atoms with E-state index in [0.29, 0.717) is 18.0 Å². The Hall–Kier alpha value is -1.31. The van der Waals surface area contributed by atoms with Gasteiger partial charge >= 0.3 is 0 Å². The van der Waals surface area contributed by atoms with Gasteiger partial charge in [-0.1, -0.05) is 24.3 Å². The van der Waals surface area contributed by atoms with Crippen molar-refractivity contribution in [1.29, 1.82) is 0 Å². The molecule has 1 aliphatic rings. The van der Waals surface area contributed by atoms with Crippen molar-refractivity contribution < 1.29 is 8.42 Å². The van der Waals surface area contributed by atoms with Crippen molar-refractivity contribution >= 4 is 32.8 Å². The van der Waals surface area contributed by atoms with Gasteiger partial charge in [0.25, 0.3) is 0 Å². The van der Waals surface area contributed by atoms with Crippen molar-refractivity contribution in [3.63, 3.8) is 0 Å². The molecule has 1 fully saturated rings. The Labute approximate surface area is 147 Å². The summed E-state index contributed by atoms with van der Waals surface area (Å²) in [5.74, 6) is 0.780. The zero-order chi connectivity index (χ0) is 17.2. The first-order chi connectivity index (χ1) is 11.6. The van der Waals surface area contributed by atoms with E-state index >= 15 is 0 Å². The molecule has 7 heteroatoms. The largest absolute Gasteiger partial charge is 0.319 e. The van der Waals surface area contributed by atoms with Crippen LogP contribution in [0, 0.1) is 0 Å². The van der Waals surface area contributed by atoms with Crippen LogP contribution in [0.4, 0.5) is 0 Å². The molecule has 0 radical (unpaired) electrons. The van der Waals surface area contributed by atoms with E-state index < -0.39 is 10.0 Å². The number of hydrogen-bond acceptors (Lipinski definition) is 4. The second kappa shape index (κ2) is 7.29. The number of nitrogens with zero attached hydrogens (tertiary/aromatic N) is 3. The third kappa shape index (κ3) is 3.25. The van der Waals surface area contributed by atoms with Crippen LogP contribution in [0.25, 0.3) is 11.0 Å². The Balaban J connectivity index is 2.00. The predicted molar refractivity (Wildman–Crippen MR) is 98.9 cm³/mol. The minimum atomic E-state index is -3.42. The van der Waals surface area contributed by atoms with Gasteiger partial charge in [-0.2, -0.15) is 4.31 Å². The normalized spacial score (nSPS) is 16.5. The maximum Gasteiger partial charge on any atom is 0.243 e. The molecule has 0 saturated carbocycles. The average Bonchev–Trinajstić information content (AvgIpc) is 2.97. The summed E-state index contributed by atoms with van der Waals surface area (Å²) in [5.41, 5.74) is 1.71. The fourth-order valence-electron chi connectivity index (χ4n) is 3.05. The van der Waals surface area contributed by atoms with E-state index in [-0.39, 0.29) is 0 Å². The van der Waals surface area contributed by atoms with E-state index in [9.17, 15) is 8.42 Å². The molecule has 0 unspecified atom stereocenters. The van der Waals surface area contributed by atoms with Crippen LogP contribution in [-0.4, -0.2) is 41.1 Å². The van der Waals surface area contributed by atoms with Gasteiger partial charge in [-0.25, -0.2) is 13.4 Å². The highest BCUT2D eigenvalue weighted by Gasteiger charge is 2.26. The fourth-order valence-corrected chi connectivity index (χ4v) is 5.40. The molecular formula is C17H23N3O2S2. The molecule has 0 atom stereocenters. The summed E-state index contributed by atoms with van der Waals surface area (Å²) in [6.07, 6.45) is 4.83. The molecule has 0 bridgehead atoms. The van der Waals surface area contributed by atoms with Crippen LogP contribution in [0.15, 0.2) is 40.9 Å². The molecule has 130 valence electrons. The number of aryl methyl sites for hydroxylation is 1. The molecule has 2 heterocycles. The van der Waals surface area contributed by atoms with Crippen LogP contribution >= 0.6 is 11.8 Å². The standard InChI is InChI=1S/C17H23N3O2S2/c1-3-12-23-17-18-15-13-14(8-9-16(15)20(17)4-2)24(21,22)19-10-6-5-7-11-19/h3,8-9,13H,1,4-7,10-12H2,2H3. The Morgan fingerprint density at radius 2 is 2.04 bits per heavy atom. The first kappa shape index (κ1) is 17.5. The smallest absolute Gasteiger partial charge is 0.243 e. The SMILES string of the molecule is C=CCSc1nc2cc(S(=O)(=O)N3CCCCC3)ccc2n1CC. The van der Waals surface area contributed by atoms with E-state index in [4.69, 9.17) is 0 Å². The van der Waals surface area contributed by atoms with Gasteiger partial charge in [0.15, 0.2) is 5.16 Å². The number of thioether (sulfide) groups is 1. The molecule has 3 rings (SSSR count). The lowest BCUT2D eigenvalue weighted by Crippen LogP contribution is -2.35. The highest BCUT2D eigenvalue weighted by Crippen LogP contribution is 2.28. The minimum Gasteiger partial charge on any atom is -0.319 e. The van der Waals surface area contributed by atoms with E-state index in [1.165, 1.54) is 0 Å². The molecule has 1 aromatic heterocycles. The summed E-state index contributed by atoms with van der Waals surface area (Å²) in [5, 5.41) is 0.903. The van der Waals surface area contributed by atoms with Crippen LogP contribution in [0.1, 0.15) is 26.2 Å². The lowest BCUT2D eigenvalue weighted by molar-refractivity contribution is 0.346. The maximum atomic E-state index is 12.8. The first-order valence-corrected chi connectivity index (χ1v) is 10.7. The Bertz CT molecular complexity index is 837. The molecule has 0 amide bonds. The number of benzene rings is 1. The average molecular weight is 366 g/mol. The molecular weight excluding hydrogens is 342 g/mol.